The van der Waals surface area contributed by atoms with Crippen molar-refractivity contribution in [1.29, 1.82) is 0 Å². The number of hydrogen-bond acceptors (Lipinski definition) is 5. The Labute approximate surface area is 173 Å². The molecule has 1 amide bonds. The van der Waals surface area contributed by atoms with E-state index in [4.69, 9.17) is 9.47 Å². The Kier molecular flexibility index (Phi) is 6.81. The van der Waals surface area contributed by atoms with E-state index in [-0.39, 0.29) is 5.91 Å². The fraction of sp³-hybridized carbons (Fsp3) is 0.130. The number of benzene rings is 2. The molecule has 0 radical (unpaired) electrons. The second kappa shape index (κ2) is 9.71. The summed E-state index contributed by atoms with van der Waals surface area (Å²) >= 11 is 1.33. The van der Waals surface area contributed by atoms with Crippen LogP contribution in [0.2, 0.25) is 0 Å². The Hall–Kier alpha value is -3.38. The number of esters is 1. The van der Waals surface area contributed by atoms with Crippen LogP contribution in [0.5, 0.6) is 5.75 Å². The highest BCUT2D eigenvalue weighted by Gasteiger charge is 2.16. The number of thiophene rings is 1. The lowest BCUT2D eigenvalue weighted by Crippen LogP contribution is -2.10. The molecule has 1 N–H and O–H groups in total. The second-order valence-electron chi connectivity index (χ2n) is 6.26. The molecule has 29 heavy (non-hydrogen) atoms. The highest BCUT2D eigenvalue weighted by molar-refractivity contribution is 7.16. The van der Waals surface area contributed by atoms with E-state index in [2.05, 4.69) is 5.32 Å². The van der Waals surface area contributed by atoms with E-state index >= 15 is 0 Å². The molecule has 1 heterocycles. The first-order chi connectivity index (χ1) is 14.0. The van der Waals surface area contributed by atoms with Crippen molar-refractivity contribution in [2.75, 3.05) is 12.4 Å². The lowest BCUT2D eigenvalue weighted by Gasteiger charge is -2.06. The molecule has 0 unspecified atom stereocenters. The number of aryl methyl sites for hydroxylation is 1. The predicted molar refractivity (Wildman–Crippen MR) is 115 cm³/mol. The van der Waals surface area contributed by atoms with Gasteiger partial charge in [0.2, 0.25) is 5.91 Å². The summed E-state index contributed by atoms with van der Waals surface area (Å²) in [5, 5.41) is 3.21. The standard InChI is InChI=1S/C23H21NO4S/c1-16-14-20(23(26)27-2)22(29-16)24-21(25)13-10-17-8-11-19(12-9-17)28-15-18-6-4-3-5-7-18/h3-14H,15H2,1-2H3,(H,24,25)/b13-10+. The molecule has 148 valence electrons. The van der Waals surface area contributed by atoms with Gasteiger partial charge in [-0.2, -0.15) is 0 Å². The largest absolute Gasteiger partial charge is 0.489 e. The zero-order chi connectivity index (χ0) is 20.6. The van der Waals surface area contributed by atoms with Crippen LogP contribution >= 0.6 is 11.3 Å². The zero-order valence-electron chi connectivity index (χ0n) is 16.2. The van der Waals surface area contributed by atoms with Gasteiger partial charge in [0.1, 0.15) is 17.4 Å². The van der Waals surface area contributed by atoms with Crippen LogP contribution in [-0.2, 0) is 16.1 Å². The first-order valence-electron chi connectivity index (χ1n) is 9.00. The van der Waals surface area contributed by atoms with Crippen molar-refractivity contribution in [1.82, 2.24) is 0 Å². The third-order valence-corrected chi connectivity index (χ3v) is 5.02. The number of amides is 1. The Morgan fingerprint density at radius 1 is 1.07 bits per heavy atom. The van der Waals surface area contributed by atoms with Crippen molar-refractivity contribution in [2.45, 2.75) is 13.5 Å². The fourth-order valence-corrected chi connectivity index (χ4v) is 3.51. The van der Waals surface area contributed by atoms with Crippen LogP contribution in [0, 0.1) is 6.92 Å². The lowest BCUT2D eigenvalue weighted by molar-refractivity contribution is -0.111. The molecule has 0 spiro atoms. The first-order valence-corrected chi connectivity index (χ1v) is 9.81. The van der Waals surface area contributed by atoms with Gasteiger partial charge in [0.05, 0.1) is 12.7 Å². The molecule has 3 aromatic rings. The summed E-state index contributed by atoms with van der Waals surface area (Å²) in [7, 11) is 1.31. The van der Waals surface area contributed by atoms with Gasteiger partial charge >= 0.3 is 5.97 Å². The summed E-state index contributed by atoms with van der Waals surface area (Å²) in [5.74, 6) is -0.0339. The van der Waals surface area contributed by atoms with Gasteiger partial charge in [-0.05, 0) is 42.3 Å². The molecule has 0 aliphatic heterocycles. The molecule has 0 saturated heterocycles. The molecule has 0 bridgehead atoms. The normalized spacial score (nSPS) is 10.7. The van der Waals surface area contributed by atoms with Gasteiger partial charge in [0.15, 0.2) is 0 Å². The lowest BCUT2D eigenvalue weighted by atomic mass is 10.2. The monoisotopic (exact) mass is 407 g/mol. The fourth-order valence-electron chi connectivity index (χ4n) is 2.61. The maximum absolute atomic E-state index is 12.2. The van der Waals surface area contributed by atoms with E-state index in [0.29, 0.717) is 17.2 Å². The van der Waals surface area contributed by atoms with Gasteiger partial charge < -0.3 is 14.8 Å². The number of nitrogens with one attached hydrogen (secondary N) is 1. The number of rotatable bonds is 7. The van der Waals surface area contributed by atoms with Crippen LogP contribution in [-0.4, -0.2) is 19.0 Å². The van der Waals surface area contributed by atoms with Gasteiger partial charge in [-0.25, -0.2) is 4.79 Å². The number of carbonyl (C=O) groups excluding carboxylic acids is 2. The van der Waals surface area contributed by atoms with E-state index in [0.717, 1.165) is 21.8 Å². The minimum Gasteiger partial charge on any atom is -0.489 e. The zero-order valence-corrected chi connectivity index (χ0v) is 17.0. The molecule has 6 heteroatoms. The number of carbonyl (C=O) groups is 2. The van der Waals surface area contributed by atoms with Crippen LogP contribution in [0.15, 0.2) is 66.7 Å². The molecule has 0 atom stereocenters. The molecule has 5 nitrogen and oxygen atoms in total. The van der Waals surface area contributed by atoms with Crippen molar-refractivity contribution < 1.29 is 19.1 Å². The van der Waals surface area contributed by atoms with Gasteiger partial charge in [0.25, 0.3) is 0 Å². The van der Waals surface area contributed by atoms with E-state index in [1.807, 2.05) is 61.5 Å². The van der Waals surface area contributed by atoms with E-state index in [9.17, 15) is 9.59 Å². The molecule has 1 aromatic heterocycles. The highest BCUT2D eigenvalue weighted by Crippen LogP contribution is 2.28. The smallest absolute Gasteiger partial charge is 0.340 e. The molecular formula is C23H21NO4S. The molecule has 2 aromatic carbocycles. The number of anilines is 1. The molecule has 0 fully saturated rings. The van der Waals surface area contributed by atoms with Crippen LogP contribution in [0.4, 0.5) is 5.00 Å². The average molecular weight is 407 g/mol. The molecule has 0 saturated carbocycles. The second-order valence-corrected chi connectivity index (χ2v) is 7.51. The van der Waals surface area contributed by atoms with Gasteiger partial charge in [-0.1, -0.05) is 42.5 Å². The topological polar surface area (TPSA) is 64.6 Å². The Morgan fingerprint density at radius 3 is 2.48 bits per heavy atom. The van der Waals surface area contributed by atoms with Crippen molar-refractivity contribution >= 4 is 34.3 Å². The summed E-state index contributed by atoms with van der Waals surface area (Å²) in [4.78, 5) is 24.9. The average Bonchev–Trinajstić information content (AvgIpc) is 3.11. The molecule has 0 aliphatic carbocycles. The van der Waals surface area contributed by atoms with Crippen molar-refractivity contribution in [3.63, 3.8) is 0 Å². The summed E-state index contributed by atoms with van der Waals surface area (Å²) in [6.07, 6.45) is 3.13. The van der Waals surface area contributed by atoms with Gasteiger partial charge in [-0.3, -0.25) is 4.79 Å². The van der Waals surface area contributed by atoms with Crippen molar-refractivity contribution in [2.24, 2.45) is 0 Å². The summed E-state index contributed by atoms with van der Waals surface area (Å²) < 4.78 is 10.5. The molecular weight excluding hydrogens is 386 g/mol. The molecule has 0 aliphatic rings. The number of ether oxygens (including phenoxy) is 2. The minimum absolute atomic E-state index is 0.318. The Balaban J connectivity index is 1.57. The van der Waals surface area contributed by atoms with Crippen LogP contribution in [0.25, 0.3) is 6.08 Å². The maximum Gasteiger partial charge on any atom is 0.340 e. The van der Waals surface area contributed by atoms with Crippen LogP contribution in [0.3, 0.4) is 0 Å². The van der Waals surface area contributed by atoms with Crippen LogP contribution in [0.1, 0.15) is 26.4 Å². The summed E-state index contributed by atoms with van der Waals surface area (Å²) in [5.41, 5.74) is 2.32. The van der Waals surface area contributed by atoms with Crippen molar-refractivity contribution in [3.8, 4) is 5.75 Å². The SMILES string of the molecule is COC(=O)c1cc(C)sc1NC(=O)/C=C/c1ccc(OCc2ccccc2)cc1. The van der Waals surface area contributed by atoms with Crippen molar-refractivity contribution in [3.05, 3.63) is 88.3 Å². The Bertz CT molecular complexity index is 1010. The number of hydrogen-bond donors (Lipinski definition) is 1. The molecule has 3 rings (SSSR count). The van der Waals surface area contributed by atoms with Gasteiger partial charge in [-0.15, -0.1) is 11.3 Å². The minimum atomic E-state index is -0.472. The summed E-state index contributed by atoms with van der Waals surface area (Å²) in [6.45, 7) is 2.37. The first kappa shape index (κ1) is 20.4. The van der Waals surface area contributed by atoms with Gasteiger partial charge in [0, 0.05) is 11.0 Å². The number of methoxy groups -OCH3 is 1. The maximum atomic E-state index is 12.2. The Morgan fingerprint density at radius 2 is 1.79 bits per heavy atom. The third kappa shape index (κ3) is 5.80. The summed E-state index contributed by atoms with van der Waals surface area (Å²) in [6, 6.07) is 19.1. The predicted octanol–water partition coefficient (Wildman–Crippen LogP) is 5.07. The quantitative estimate of drug-likeness (QED) is 0.438. The highest BCUT2D eigenvalue weighted by atomic mass is 32.1. The van der Waals surface area contributed by atoms with E-state index in [1.165, 1.54) is 24.5 Å². The van der Waals surface area contributed by atoms with E-state index < -0.39 is 5.97 Å². The van der Waals surface area contributed by atoms with Crippen LogP contribution < -0.4 is 10.1 Å². The van der Waals surface area contributed by atoms with E-state index in [1.54, 1.807) is 12.1 Å². The third-order valence-electron chi connectivity index (χ3n) is 4.05.